The third kappa shape index (κ3) is 2.94. The zero-order valence-corrected chi connectivity index (χ0v) is 14.3. The summed E-state index contributed by atoms with van der Waals surface area (Å²) in [6.45, 7) is 4.61. The number of hydrogen-bond donors (Lipinski definition) is 1. The van der Waals surface area contributed by atoms with Gasteiger partial charge in [0.1, 0.15) is 5.75 Å². The highest BCUT2D eigenvalue weighted by Gasteiger charge is 2.29. The number of aromatic amines is 1. The molecular formula is C19H22N2O3. The van der Waals surface area contributed by atoms with Crippen molar-refractivity contribution in [3.05, 3.63) is 63.1 Å². The van der Waals surface area contributed by atoms with E-state index in [1.807, 2.05) is 30.9 Å². The van der Waals surface area contributed by atoms with Crippen LogP contribution in [0.2, 0.25) is 0 Å². The minimum absolute atomic E-state index is 0.0549. The van der Waals surface area contributed by atoms with Crippen LogP contribution < -0.4 is 10.3 Å². The Labute approximate surface area is 141 Å². The number of methoxy groups -OCH3 is 1. The normalized spacial score (nSPS) is 16.6. The third-order valence-corrected chi connectivity index (χ3v) is 4.68. The Hall–Kier alpha value is -2.56. The number of ether oxygens (including phenoxy) is 1. The van der Waals surface area contributed by atoms with Gasteiger partial charge in [0, 0.05) is 23.9 Å². The van der Waals surface area contributed by atoms with Gasteiger partial charge in [-0.05, 0) is 49.1 Å². The third-order valence-electron chi connectivity index (χ3n) is 4.68. The highest BCUT2D eigenvalue weighted by atomic mass is 16.5. The molecule has 3 rings (SSSR count). The van der Waals surface area contributed by atoms with E-state index in [4.69, 9.17) is 4.74 Å². The van der Waals surface area contributed by atoms with Gasteiger partial charge < -0.3 is 14.6 Å². The van der Waals surface area contributed by atoms with E-state index in [0.717, 1.165) is 23.4 Å². The van der Waals surface area contributed by atoms with Crippen molar-refractivity contribution in [1.29, 1.82) is 0 Å². The molecule has 0 saturated heterocycles. The van der Waals surface area contributed by atoms with Gasteiger partial charge in [0.2, 0.25) is 5.56 Å². The van der Waals surface area contributed by atoms with Crippen LogP contribution in [0.4, 0.5) is 0 Å². The fourth-order valence-corrected chi connectivity index (χ4v) is 3.28. The van der Waals surface area contributed by atoms with E-state index in [9.17, 15) is 9.59 Å². The zero-order chi connectivity index (χ0) is 17.3. The molecule has 0 bridgehead atoms. The van der Waals surface area contributed by atoms with Gasteiger partial charge in [0.05, 0.1) is 13.2 Å². The summed E-state index contributed by atoms with van der Waals surface area (Å²) in [4.78, 5) is 29.3. The van der Waals surface area contributed by atoms with Gasteiger partial charge in [-0.1, -0.05) is 13.0 Å². The smallest absolute Gasteiger partial charge is 0.254 e. The molecule has 1 aliphatic heterocycles. The van der Waals surface area contributed by atoms with E-state index in [2.05, 4.69) is 11.1 Å². The topological polar surface area (TPSA) is 62.4 Å². The lowest BCUT2D eigenvalue weighted by atomic mass is 9.92. The van der Waals surface area contributed by atoms with E-state index in [1.54, 1.807) is 13.2 Å². The summed E-state index contributed by atoms with van der Waals surface area (Å²) in [5.74, 6) is 0.691. The molecule has 24 heavy (non-hydrogen) atoms. The first-order valence-corrected chi connectivity index (χ1v) is 8.24. The number of fused-ring (bicyclic) bond motifs is 1. The highest BCUT2D eigenvalue weighted by Crippen LogP contribution is 2.32. The van der Waals surface area contributed by atoms with Crippen LogP contribution in [0.25, 0.3) is 0 Å². The molecular weight excluding hydrogens is 304 g/mol. The second kappa shape index (κ2) is 6.51. The average molecular weight is 326 g/mol. The molecule has 0 fully saturated rings. The Morgan fingerprint density at radius 2 is 2.12 bits per heavy atom. The summed E-state index contributed by atoms with van der Waals surface area (Å²) < 4.78 is 5.31. The van der Waals surface area contributed by atoms with Crippen molar-refractivity contribution in [2.75, 3.05) is 13.7 Å². The number of amides is 1. The molecule has 1 aliphatic rings. The van der Waals surface area contributed by atoms with Crippen molar-refractivity contribution in [2.24, 2.45) is 0 Å². The summed E-state index contributed by atoms with van der Waals surface area (Å²) in [6.07, 6.45) is 1.49. The van der Waals surface area contributed by atoms with E-state index in [1.165, 1.54) is 11.6 Å². The number of pyridine rings is 1. The highest BCUT2D eigenvalue weighted by molar-refractivity contribution is 5.94. The van der Waals surface area contributed by atoms with Crippen LogP contribution in [0, 0.1) is 0 Å². The molecule has 1 aromatic carbocycles. The second-order valence-corrected chi connectivity index (χ2v) is 6.10. The maximum atomic E-state index is 12.9. The summed E-state index contributed by atoms with van der Waals surface area (Å²) in [7, 11) is 1.64. The van der Waals surface area contributed by atoms with Crippen LogP contribution in [-0.4, -0.2) is 29.4 Å². The van der Waals surface area contributed by atoms with Crippen molar-refractivity contribution < 1.29 is 9.53 Å². The van der Waals surface area contributed by atoms with Crippen molar-refractivity contribution in [1.82, 2.24) is 9.88 Å². The Bertz CT molecular complexity index is 826. The van der Waals surface area contributed by atoms with Crippen molar-refractivity contribution >= 4 is 5.91 Å². The van der Waals surface area contributed by atoms with Crippen LogP contribution in [0.1, 0.15) is 47.1 Å². The van der Waals surface area contributed by atoms with Gasteiger partial charge in [0.15, 0.2) is 0 Å². The van der Waals surface area contributed by atoms with Crippen molar-refractivity contribution in [3.8, 4) is 5.75 Å². The van der Waals surface area contributed by atoms with Crippen LogP contribution in [0.15, 0.2) is 35.1 Å². The first-order chi connectivity index (χ1) is 11.5. The van der Waals surface area contributed by atoms with Gasteiger partial charge in [-0.3, -0.25) is 9.59 Å². The minimum Gasteiger partial charge on any atom is -0.497 e. The van der Waals surface area contributed by atoms with Crippen LogP contribution >= 0.6 is 0 Å². The van der Waals surface area contributed by atoms with Crippen LogP contribution in [-0.2, 0) is 12.8 Å². The number of carbonyl (C=O) groups is 1. The van der Waals surface area contributed by atoms with Gasteiger partial charge in [-0.2, -0.15) is 0 Å². The van der Waals surface area contributed by atoms with Crippen LogP contribution in [0.3, 0.4) is 0 Å². The number of H-pyrrole nitrogens is 1. The number of carbonyl (C=O) groups excluding carboxylic acids is 1. The number of hydrogen-bond acceptors (Lipinski definition) is 3. The second-order valence-electron chi connectivity index (χ2n) is 6.10. The molecule has 1 amide bonds. The Morgan fingerprint density at radius 3 is 2.83 bits per heavy atom. The largest absolute Gasteiger partial charge is 0.497 e. The number of nitrogens with one attached hydrogen (secondary N) is 1. The molecule has 0 spiro atoms. The van der Waals surface area contributed by atoms with E-state index in [0.29, 0.717) is 18.5 Å². The van der Waals surface area contributed by atoms with Crippen LogP contribution in [0.5, 0.6) is 5.75 Å². The molecule has 1 aromatic heterocycles. The van der Waals surface area contributed by atoms with Crippen molar-refractivity contribution in [2.45, 2.75) is 32.7 Å². The maximum Gasteiger partial charge on any atom is 0.254 e. The Morgan fingerprint density at radius 1 is 1.33 bits per heavy atom. The standard InChI is InChI=1S/C19H22N2O3/c1-4-15-9-14(10-18(22)20-15)19(23)21-8-7-13-5-6-16(24-3)11-17(13)12(21)2/h5-6,9-12H,4,7-8H2,1-3H3,(H,20,22)/t12-/m0/s1. The fraction of sp³-hybridized carbons (Fsp3) is 0.368. The lowest BCUT2D eigenvalue weighted by molar-refractivity contribution is 0.0677. The summed E-state index contributed by atoms with van der Waals surface area (Å²) in [5, 5.41) is 0. The molecule has 2 heterocycles. The van der Waals surface area contributed by atoms with E-state index in [-0.39, 0.29) is 17.5 Å². The molecule has 126 valence electrons. The lowest BCUT2D eigenvalue weighted by Gasteiger charge is -2.35. The lowest BCUT2D eigenvalue weighted by Crippen LogP contribution is -2.39. The molecule has 0 radical (unpaired) electrons. The summed E-state index contributed by atoms with van der Waals surface area (Å²) in [5.41, 5.74) is 3.35. The molecule has 0 aliphatic carbocycles. The van der Waals surface area contributed by atoms with E-state index < -0.39 is 0 Å². The fourth-order valence-electron chi connectivity index (χ4n) is 3.28. The molecule has 5 nitrogen and oxygen atoms in total. The summed E-state index contributed by atoms with van der Waals surface area (Å²) >= 11 is 0. The van der Waals surface area contributed by atoms with E-state index >= 15 is 0 Å². The maximum absolute atomic E-state index is 12.9. The number of benzene rings is 1. The summed E-state index contributed by atoms with van der Waals surface area (Å²) in [6, 6.07) is 9.12. The first kappa shape index (κ1) is 16.3. The number of nitrogens with zero attached hydrogens (tertiary/aromatic N) is 1. The predicted molar refractivity (Wildman–Crippen MR) is 92.6 cm³/mol. The number of aryl methyl sites for hydroxylation is 1. The average Bonchev–Trinajstić information content (AvgIpc) is 2.60. The van der Waals surface area contributed by atoms with Gasteiger partial charge in [0.25, 0.3) is 5.91 Å². The molecule has 1 atom stereocenters. The molecule has 0 unspecified atom stereocenters. The first-order valence-electron chi connectivity index (χ1n) is 8.24. The van der Waals surface area contributed by atoms with Crippen molar-refractivity contribution in [3.63, 3.8) is 0 Å². The van der Waals surface area contributed by atoms with Gasteiger partial charge in [-0.25, -0.2) is 0 Å². The van der Waals surface area contributed by atoms with Gasteiger partial charge >= 0.3 is 0 Å². The zero-order valence-electron chi connectivity index (χ0n) is 14.3. The predicted octanol–water partition coefficient (Wildman–Crippen LogP) is 2.71. The quantitative estimate of drug-likeness (QED) is 0.943. The molecule has 0 saturated carbocycles. The number of aromatic nitrogens is 1. The van der Waals surface area contributed by atoms with Gasteiger partial charge in [-0.15, -0.1) is 0 Å². The SMILES string of the molecule is CCc1cc(C(=O)N2CCc3ccc(OC)cc3[C@@H]2C)cc(=O)[nH]1. The Balaban J connectivity index is 1.94. The minimum atomic E-state index is -0.232. The molecule has 2 aromatic rings. The monoisotopic (exact) mass is 326 g/mol. The number of rotatable bonds is 3. The molecule has 1 N–H and O–H groups in total. The Kier molecular flexibility index (Phi) is 4.42. The molecule has 5 heteroatoms.